The lowest BCUT2D eigenvalue weighted by atomic mass is 10.1. The van der Waals surface area contributed by atoms with Crippen molar-refractivity contribution in [3.8, 4) is 5.75 Å². The minimum Gasteiger partial charge on any atom is -0.495 e. The molecule has 1 aromatic rings. The van der Waals surface area contributed by atoms with Gasteiger partial charge in [-0.1, -0.05) is 25.8 Å². The molecule has 0 radical (unpaired) electrons. The third-order valence-electron chi connectivity index (χ3n) is 3.77. The lowest BCUT2D eigenvalue weighted by Crippen LogP contribution is -2.24. The highest BCUT2D eigenvalue weighted by atomic mass is 16.5. The van der Waals surface area contributed by atoms with Crippen molar-refractivity contribution in [2.45, 2.75) is 39.2 Å². The van der Waals surface area contributed by atoms with Crippen molar-refractivity contribution < 1.29 is 4.74 Å². The molecule has 106 valence electrons. The topological polar surface area (TPSA) is 24.5 Å². The summed E-state index contributed by atoms with van der Waals surface area (Å²) in [6.45, 7) is 6.35. The van der Waals surface area contributed by atoms with Crippen LogP contribution in [0.1, 0.15) is 38.2 Å². The van der Waals surface area contributed by atoms with Crippen LogP contribution < -0.4 is 15.0 Å². The summed E-state index contributed by atoms with van der Waals surface area (Å²) in [5.41, 5.74) is 2.54. The fourth-order valence-corrected chi connectivity index (χ4v) is 2.67. The third kappa shape index (κ3) is 3.87. The molecule has 0 saturated carbocycles. The number of anilines is 1. The van der Waals surface area contributed by atoms with Gasteiger partial charge in [-0.15, -0.1) is 0 Å². The first-order valence-electron chi connectivity index (χ1n) is 7.47. The Morgan fingerprint density at radius 3 is 2.53 bits per heavy atom. The molecular formula is C16H26N2O. The Labute approximate surface area is 116 Å². The van der Waals surface area contributed by atoms with E-state index < -0.39 is 0 Å². The number of ether oxygens (including phenoxy) is 1. The van der Waals surface area contributed by atoms with E-state index in [1.165, 1.54) is 36.9 Å². The van der Waals surface area contributed by atoms with Crippen LogP contribution >= 0.6 is 0 Å². The van der Waals surface area contributed by atoms with Crippen LogP contribution in [0, 0.1) is 0 Å². The molecule has 1 aliphatic rings. The summed E-state index contributed by atoms with van der Waals surface area (Å²) >= 11 is 0. The Morgan fingerprint density at radius 2 is 1.89 bits per heavy atom. The highest BCUT2D eigenvalue weighted by Gasteiger charge is 2.14. The molecular weight excluding hydrogens is 236 g/mol. The number of rotatable bonds is 5. The van der Waals surface area contributed by atoms with Crippen molar-refractivity contribution in [1.82, 2.24) is 5.32 Å². The standard InChI is InChI=1S/C16H26N2O/c1-3-17-13-14-8-9-15(16(12-14)19-2)18-10-6-4-5-7-11-18/h8-9,12,17H,3-7,10-11,13H2,1-2H3. The molecule has 1 aromatic carbocycles. The fourth-order valence-electron chi connectivity index (χ4n) is 2.67. The van der Waals surface area contributed by atoms with E-state index in [0.29, 0.717) is 0 Å². The number of benzene rings is 1. The predicted molar refractivity (Wildman–Crippen MR) is 81.1 cm³/mol. The lowest BCUT2D eigenvalue weighted by Gasteiger charge is -2.25. The van der Waals surface area contributed by atoms with Crippen molar-refractivity contribution in [3.05, 3.63) is 23.8 Å². The van der Waals surface area contributed by atoms with E-state index in [1.54, 1.807) is 7.11 Å². The first-order valence-corrected chi connectivity index (χ1v) is 7.47. The van der Waals surface area contributed by atoms with Crippen LogP contribution in [0.5, 0.6) is 5.75 Å². The van der Waals surface area contributed by atoms with Gasteiger partial charge < -0.3 is 15.0 Å². The second-order valence-corrected chi connectivity index (χ2v) is 5.19. The molecule has 19 heavy (non-hydrogen) atoms. The maximum Gasteiger partial charge on any atom is 0.142 e. The first kappa shape index (κ1) is 14.2. The van der Waals surface area contributed by atoms with E-state index >= 15 is 0 Å². The zero-order valence-electron chi connectivity index (χ0n) is 12.2. The molecule has 2 rings (SSSR count). The van der Waals surface area contributed by atoms with Crippen LogP contribution in [0.3, 0.4) is 0 Å². The van der Waals surface area contributed by atoms with Crippen LogP contribution in [0.15, 0.2) is 18.2 Å². The quantitative estimate of drug-likeness (QED) is 0.882. The molecule has 0 amide bonds. The normalized spacial score (nSPS) is 16.2. The average Bonchev–Trinajstić information content (AvgIpc) is 2.73. The summed E-state index contributed by atoms with van der Waals surface area (Å²) in [6.07, 6.45) is 5.30. The highest BCUT2D eigenvalue weighted by molar-refractivity contribution is 5.60. The molecule has 1 N–H and O–H groups in total. The smallest absolute Gasteiger partial charge is 0.142 e. The molecule has 0 aliphatic carbocycles. The van der Waals surface area contributed by atoms with Gasteiger partial charge in [0.2, 0.25) is 0 Å². The van der Waals surface area contributed by atoms with E-state index in [1.807, 2.05) is 0 Å². The summed E-state index contributed by atoms with van der Waals surface area (Å²) in [6, 6.07) is 6.60. The Morgan fingerprint density at radius 1 is 1.16 bits per heavy atom. The third-order valence-corrected chi connectivity index (χ3v) is 3.77. The number of hydrogen-bond acceptors (Lipinski definition) is 3. The molecule has 0 atom stereocenters. The van der Waals surface area contributed by atoms with Gasteiger partial charge in [-0.25, -0.2) is 0 Å². The molecule has 0 spiro atoms. The van der Waals surface area contributed by atoms with Crippen LogP contribution in [-0.4, -0.2) is 26.7 Å². The van der Waals surface area contributed by atoms with E-state index in [9.17, 15) is 0 Å². The van der Waals surface area contributed by atoms with Crippen LogP contribution in [-0.2, 0) is 6.54 Å². The summed E-state index contributed by atoms with van der Waals surface area (Å²) in [4.78, 5) is 2.48. The molecule has 3 nitrogen and oxygen atoms in total. The highest BCUT2D eigenvalue weighted by Crippen LogP contribution is 2.31. The monoisotopic (exact) mass is 262 g/mol. The minimum atomic E-state index is 0.910. The van der Waals surface area contributed by atoms with E-state index in [0.717, 1.165) is 31.9 Å². The van der Waals surface area contributed by atoms with E-state index in [2.05, 4.69) is 35.3 Å². The number of nitrogens with one attached hydrogen (secondary N) is 1. The average molecular weight is 262 g/mol. The van der Waals surface area contributed by atoms with Crippen molar-refractivity contribution in [2.75, 3.05) is 31.6 Å². The molecule has 3 heteroatoms. The van der Waals surface area contributed by atoms with Gasteiger partial charge in [0.1, 0.15) is 5.75 Å². The number of nitrogens with zero attached hydrogens (tertiary/aromatic N) is 1. The molecule has 0 bridgehead atoms. The SMILES string of the molecule is CCNCc1ccc(N2CCCCCC2)c(OC)c1. The van der Waals surface area contributed by atoms with Gasteiger partial charge in [0.25, 0.3) is 0 Å². The summed E-state index contributed by atoms with van der Waals surface area (Å²) in [5, 5.41) is 3.36. The van der Waals surface area contributed by atoms with Crippen molar-refractivity contribution in [3.63, 3.8) is 0 Å². The second kappa shape index (κ2) is 7.39. The molecule has 0 unspecified atom stereocenters. The molecule has 1 aliphatic heterocycles. The van der Waals surface area contributed by atoms with Gasteiger partial charge >= 0.3 is 0 Å². The Hall–Kier alpha value is -1.22. The van der Waals surface area contributed by atoms with Gasteiger partial charge in [-0.3, -0.25) is 0 Å². The Balaban J connectivity index is 2.14. The van der Waals surface area contributed by atoms with Crippen LogP contribution in [0.25, 0.3) is 0 Å². The minimum absolute atomic E-state index is 0.910. The van der Waals surface area contributed by atoms with Gasteiger partial charge in [0.05, 0.1) is 12.8 Å². The van der Waals surface area contributed by atoms with Crippen molar-refractivity contribution in [2.24, 2.45) is 0 Å². The van der Waals surface area contributed by atoms with Gasteiger partial charge in [0.15, 0.2) is 0 Å². The van der Waals surface area contributed by atoms with Crippen molar-refractivity contribution in [1.29, 1.82) is 0 Å². The lowest BCUT2D eigenvalue weighted by molar-refractivity contribution is 0.413. The molecule has 1 heterocycles. The number of methoxy groups -OCH3 is 1. The Bertz CT molecular complexity index is 384. The molecule has 1 saturated heterocycles. The first-order chi connectivity index (χ1) is 9.35. The summed E-state index contributed by atoms with van der Waals surface area (Å²) < 4.78 is 5.59. The maximum atomic E-state index is 5.59. The Kier molecular flexibility index (Phi) is 5.52. The van der Waals surface area contributed by atoms with E-state index in [4.69, 9.17) is 4.74 Å². The zero-order valence-corrected chi connectivity index (χ0v) is 12.2. The zero-order chi connectivity index (χ0) is 13.5. The van der Waals surface area contributed by atoms with Crippen molar-refractivity contribution >= 4 is 5.69 Å². The summed E-state index contributed by atoms with van der Waals surface area (Å²) in [5.74, 6) is 1.01. The predicted octanol–water partition coefficient (Wildman–Crippen LogP) is 3.19. The molecule has 1 fully saturated rings. The van der Waals surface area contributed by atoms with Crippen LogP contribution in [0.4, 0.5) is 5.69 Å². The van der Waals surface area contributed by atoms with E-state index in [-0.39, 0.29) is 0 Å². The maximum absolute atomic E-state index is 5.59. The summed E-state index contributed by atoms with van der Waals surface area (Å²) in [7, 11) is 1.77. The fraction of sp³-hybridized carbons (Fsp3) is 0.625. The largest absolute Gasteiger partial charge is 0.495 e. The van der Waals surface area contributed by atoms with Gasteiger partial charge in [-0.2, -0.15) is 0 Å². The second-order valence-electron chi connectivity index (χ2n) is 5.19. The number of hydrogen-bond donors (Lipinski definition) is 1. The van der Waals surface area contributed by atoms with Crippen LogP contribution in [0.2, 0.25) is 0 Å². The van der Waals surface area contributed by atoms with Gasteiger partial charge in [0, 0.05) is 19.6 Å². The molecule has 0 aromatic heterocycles. The van der Waals surface area contributed by atoms with Gasteiger partial charge in [-0.05, 0) is 37.1 Å².